The first kappa shape index (κ1) is 19.0. The highest BCUT2D eigenvalue weighted by atomic mass is 16.5. The number of hydrogen-bond donors (Lipinski definition) is 0. The average Bonchev–Trinajstić information content (AvgIpc) is 2.69. The molecule has 0 N–H and O–H groups in total. The molecule has 0 spiro atoms. The maximum atomic E-state index is 5.36. The predicted octanol–water partition coefficient (Wildman–Crippen LogP) is 7.12. The minimum atomic E-state index is 0.500. The summed E-state index contributed by atoms with van der Waals surface area (Å²) in [7, 11) is 1.73. The summed E-state index contributed by atoms with van der Waals surface area (Å²) in [5, 5.41) is 0. The molecule has 1 fully saturated rings. The summed E-state index contributed by atoms with van der Waals surface area (Å²) in [5.41, 5.74) is 4.34. The van der Waals surface area contributed by atoms with Crippen molar-refractivity contribution in [1.82, 2.24) is 0 Å². The summed E-state index contributed by atoms with van der Waals surface area (Å²) in [6.07, 6.45) is 9.45. The van der Waals surface area contributed by atoms with E-state index in [0.29, 0.717) is 5.92 Å². The van der Waals surface area contributed by atoms with Crippen LogP contribution in [0.1, 0.15) is 80.9 Å². The van der Waals surface area contributed by atoms with Crippen molar-refractivity contribution in [3.05, 3.63) is 65.2 Å². The summed E-state index contributed by atoms with van der Waals surface area (Å²) >= 11 is 0. The van der Waals surface area contributed by atoms with Crippen molar-refractivity contribution in [2.24, 2.45) is 5.92 Å². The second-order valence-corrected chi connectivity index (χ2v) is 8.13. The summed E-state index contributed by atoms with van der Waals surface area (Å²) in [6, 6.07) is 17.9. The van der Waals surface area contributed by atoms with Gasteiger partial charge in [-0.25, -0.2) is 0 Å². The van der Waals surface area contributed by atoms with E-state index in [1.54, 1.807) is 12.7 Å². The van der Waals surface area contributed by atoms with E-state index < -0.39 is 0 Å². The van der Waals surface area contributed by atoms with E-state index in [-0.39, 0.29) is 0 Å². The Kier molecular flexibility index (Phi) is 6.77. The first-order chi connectivity index (χ1) is 12.7. The zero-order valence-corrected chi connectivity index (χ0v) is 16.7. The van der Waals surface area contributed by atoms with Crippen molar-refractivity contribution in [2.75, 3.05) is 7.11 Å². The Morgan fingerprint density at radius 3 is 2.38 bits per heavy atom. The van der Waals surface area contributed by atoms with Crippen molar-refractivity contribution in [3.8, 4) is 5.75 Å². The van der Waals surface area contributed by atoms with Gasteiger partial charge in [0.1, 0.15) is 5.75 Å². The van der Waals surface area contributed by atoms with Gasteiger partial charge in [0.15, 0.2) is 0 Å². The lowest BCUT2D eigenvalue weighted by atomic mass is 9.77. The maximum absolute atomic E-state index is 5.36. The van der Waals surface area contributed by atoms with Crippen LogP contribution in [0.3, 0.4) is 0 Å². The van der Waals surface area contributed by atoms with Gasteiger partial charge in [0, 0.05) is 0 Å². The molecule has 2 aromatic carbocycles. The van der Waals surface area contributed by atoms with Gasteiger partial charge in [0.2, 0.25) is 0 Å². The molecular weight excluding hydrogens is 316 g/mol. The van der Waals surface area contributed by atoms with E-state index >= 15 is 0 Å². The first-order valence-corrected chi connectivity index (χ1v) is 10.4. The van der Waals surface area contributed by atoms with Crippen LogP contribution in [0, 0.1) is 5.92 Å². The molecule has 26 heavy (non-hydrogen) atoms. The van der Waals surface area contributed by atoms with Crippen molar-refractivity contribution in [3.63, 3.8) is 0 Å². The topological polar surface area (TPSA) is 9.23 Å². The van der Waals surface area contributed by atoms with Crippen molar-refractivity contribution in [1.29, 1.82) is 0 Å². The van der Waals surface area contributed by atoms with Gasteiger partial charge in [-0.3, -0.25) is 0 Å². The Labute approximate surface area is 159 Å². The molecule has 0 aromatic heterocycles. The Hall–Kier alpha value is -1.76. The molecule has 0 amide bonds. The van der Waals surface area contributed by atoms with E-state index in [0.717, 1.165) is 24.0 Å². The number of benzene rings is 2. The Morgan fingerprint density at radius 2 is 1.73 bits per heavy atom. The van der Waals surface area contributed by atoms with Crippen LogP contribution in [0.4, 0.5) is 0 Å². The Balaban J connectivity index is 1.57. The van der Waals surface area contributed by atoms with Crippen LogP contribution >= 0.6 is 0 Å². The third-order valence-electron chi connectivity index (χ3n) is 6.20. The molecular formula is C25H34O. The largest absolute Gasteiger partial charge is 0.497 e. The first-order valence-electron chi connectivity index (χ1n) is 10.4. The molecule has 0 aliphatic heterocycles. The quantitative estimate of drug-likeness (QED) is 0.517. The lowest BCUT2D eigenvalue weighted by Crippen LogP contribution is -2.13. The van der Waals surface area contributed by atoms with E-state index in [1.165, 1.54) is 49.7 Å². The molecule has 140 valence electrons. The van der Waals surface area contributed by atoms with Gasteiger partial charge in [-0.05, 0) is 78.7 Å². The molecule has 1 atom stereocenters. The van der Waals surface area contributed by atoms with Crippen molar-refractivity contribution in [2.45, 2.75) is 70.6 Å². The van der Waals surface area contributed by atoms with E-state index in [9.17, 15) is 0 Å². The molecule has 1 heteroatoms. The van der Waals surface area contributed by atoms with Crippen LogP contribution in [0.2, 0.25) is 0 Å². The smallest absolute Gasteiger partial charge is 0.119 e. The number of hydrogen-bond acceptors (Lipinski definition) is 1. The second kappa shape index (κ2) is 9.26. The zero-order valence-electron chi connectivity index (χ0n) is 16.7. The van der Waals surface area contributed by atoms with Crippen LogP contribution in [0.5, 0.6) is 5.75 Å². The molecule has 0 bridgehead atoms. The number of methoxy groups -OCH3 is 1. The minimum absolute atomic E-state index is 0.500. The van der Waals surface area contributed by atoms with Crippen LogP contribution in [0.15, 0.2) is 48.5 Å². The molecule has 1 saturated carbocycles. The molecule has 0 unspecified atom stereocenters. The fourth-order valence-corrected chi connectivity index (χ4v) is 4.54. The van der Waals surface area contributed by atoms with E-state index in [4.69, 9.17) is 4.74 Å². The van der Waals surface area contributed by atoms with Crippen LogP contribution in [0.25, 0.3) is 0 Å². The fourth-order valence-electron chi connectivity index (χ4n) is 4.54. The Morgan fingerprint density at radius 1 is 1.00 bits per heavy atom. The van der Waals surface area contributed by atoms with Crippen LogP contribution < -0.4 is 4.74 Å². The molecule has 1 aliphatic carbocycles. The Bertz CT molecular complexity index is 665. The van der Waals surface area contributed by atoms with Crippen LogP contribution in [-0.4, -0.2) is 7.11 Å². The molecule has 0 heterocycles. The van der Waals surface area contributed by atoms with Gasteiger partial charge in [-0.15, -0.1) is 0 Å². The zero-order chi connectivity index (χ0) is 18.4. The lowest BCUT2D eigenvalue weighted by Gasteiger charge is -2.28. The highest BCUT2D eigenvalue weighted by molar-refractivity contribution is 5.33. The average molecular weight is 351 g/mol. The highest BCUT2D eigenvalue weighted by Gasteiger charge is 2.21. The van der Waals surface area contributed by atoms with Crippen molar-refractivity contribution < 1.29 is 4.74 Å². The van der Waals surface area contributed by atoms with Gasteiger partial charge in [0.25, 0.3) is 0 Å². The summed E-state index contributed by atoms with van der Waals surface area (Å²) in [6.45, 7) is 4.62. The maximum Gasteiger partial charge on any atom is 0.119 e. The van der Waals surface area contributed by atoms with Crippen LogP contribution in [-0.2, 0) is 6.42 Å². The summed E-state index contributed by atoms with van der Waals surface area (Å²) in [4.78, 5) is 0. The fraction of sp³-hybridized carbons (Fsp3) is 0.520. The van der Waals surface area contributed by atoms with E-state index in [2.05, 4.69) is 56.3 Å². The molecule has 0 radical (unpaired) electrons. The lowest BCUT2D eigenvalue weighted by molar-refractivity contribution is 0.308. The van der Waals surface area contributed by atoms with Gasteiger partial charge >= 0.3 is 0 Å². The summed E-state index contributed by atoms with van der Waals surface area (Å²) in [5.74, 6) is 3.22. The molecule has 1 nitrogen and oxygen atoms in total. The number of rotatable bonds is 7. The van der Waals surface area contributed by atoms with E-state index in [1.807, 2.05) is 6.07 Å². The van der Waals surface area contributed by atoms with Gasteiger partial charge in [-0.2, -0.15) is 0 Å². The monoisotopic (exact) mass is 350 g/mol. The molecule has 1 aliphatic rings. The normalized spacial score (nSPS) is 21.3. The minimum Gasteiger partial charge on any atom is -0.497 e. The molecule has 2 aromatic rings. The third kappa shape index (κ3) is 4.90. The predicted molar refractivity (Wildman–Crippen MR) is 111 cm³/mol. The SMILES string of the molecule is CCCC1CCC(c2ccc(C[C@H](C)c3cccc(OC)c3)cc2)CC1. The summed E-state index contributed by atoms with van der Waals surface area (Å²) < 4.78 is 5.36. The van der Waals surface area contributed by atoms with Gasteiger partial charge in [0.05, 0.1) is 7.11 Å². The number of ether oxygens (including phenoxy) is 1. The molecule has 3 rings (SSSR count). The standard InChI is InChI=1S/C25H34O/c1-4-6-20-9-13-22(14-10-20)23-15-11-21(12-16-23)17-19(2)24-7-5-8-25(18-24)26-3/h5,7-8,11-12,15-16,18-20,22H,4,6,9-10,13-14,17H2,1-3H3/t19-,20?,22?/m0/s1. The third-order valence-corrected chi connectivity index (χ3v) is 6.20. The molecule has 0 saturated heterocycles. The highest BCUT2D eigenvalue weighted by Crippen LogP contribution is 2.37. The van der Waals surface area contributed by atoms with Gasteiger partial charge in [-0.1, -0.05) is 63.1 Å². The second-order valence-electron chi connectivity index (χ2n) is 8.13. The van der Waals surface area contributed by atoms with Crippen molar-refractivity contribution >= 4 is 0 Å². The van der Waals surface area contributed by atoms with Gasteiger partial charge < -0.3 is 4.74 Å².